The van der Waals surface area contributed by atoms with E-state index in [0.29, 0.717) is 6.61 Å². The van der Waals surface area contributed by atoms with Crippen LogP contribution in [-0.2, 0) is 9.47 Å². The van der Waals surface area contributed by atoms with Gasteiger partial charge in [0.15, 0.2) is 6.10 Å². The van der Waals surface area contributed by atoms with Gasteiger partial charge in [-0.3, -0.25) is 0 Å². The third kappa shape index (κ3) is 0.903. The molecule has 1 saturated heterocycles. The van der Waals surface area contributed by atoms with Crippen LogP contribution in [0.4, 0.5) is 0 Å². The third-order valence-electron chi connectivity index (χ3n) is 0.777. The number of rotatable bonds is 0. The molecule has 0 amide bonds. The molecule has 0 saturated carbocycles. The molecule has 0 aliphatic carbocycles. The number of hydrogen-bond donors (Lipinski definition) is 0. The highest BCUT2D eigenvalue weighted by Crippen LogP contribution is 2.03. The van der Waals surface area contributed by atoms with E-state index >= 15 is 0 Å². The highest BCUT2D eigenvalue weighted by atomic mass is 32.1. The second-order valence-corrected chi connectivity index (χ2v) is 1.67. The number of terminal acetylenes is 1. The first kappa shape index (κ1) is 5.39. The number of thiocarbonyl (C=S) groups is 1. The Morgan fingerprint density at radius 1 is 1.88 bits per heavy atom. The molecule has 2 nitrogen and oxygen atoms in total. The van der Waals surface area contributed by atoms with Crippen molar-refractivity contribution in [1.29, 1.82) is 0 Å². The molecule has 0 N–H and O–H groups in total. The summed E-state index contributed by atoms with van der Waals surface area (Å²) >= 11 is 4.52. The summed E-state index contributed by atoms with van der Waals surface area (Å²) in [5.74, 6) is 2.36. The lowest BCUT2D eigenvalue weighted by molar-refractivity contribution is 0.294. The van der Waals surface area contributed by atoms with E-state index in [-0.39, 0.29) is 11.3 Å². The molecular weight excluding hydrogens is 124 g/mol. The van der Waals surface area contributed by atoms with Crippen molar-refractivity contribution < 1.29 is 9.47 Å². The van der Waals surface area contributed by atoms with Crippen LogP contribution in [0, 0.1) is 12.3 Å². The smallest absolute Gasteiger partial charge is 0.353 e. The van der Waals surface area contributed by atoms with Crippen molar-refractivity contribution in [2.45, 2.75) is 6.10 Å². The van der Waals surface area contributed by atoms with E-state index in [1.54, 1.807) is 0 Å². The summed E-state index contributed by atoms with van der Waals surface area (Å²) in [6, 6.07) is 0. The second kappa shape index (κ2) is 2.01. The average molecular weight is 128 g/mol. The molecule has 1 rings (SSSR count). The van der Waals surface area contributed by atoms with E-state index in [1.165, 1.54) is 0 Å². The monoisotopic (exact) mass is 128 g/mol. The van der Waals surface area contributed by atoms with E-state index in [0.717, 1.165) is 0 Å². The molecule has 1 fully saturated rings. The van der Waals surface area contributed by atoms with Crippen molar-refractivity contribution in [1.82, 2.24) is 0 Å². The van der Waals surface area contributed by atoms with E-state index in [1.807, 2.05) is 0 Å². The van der Waals surface area contributed by atoms with E-state index in [4.69, 9.17) is 15.9 Å². The maximum absolute atomic E-state index is 4.98. The molecular formula is C5H4O2S. The molecule has 0 bridgehead atoms. The molecule has 1 unspecified atom stereocenters. The molecule has 0 aromatic heterocycles. The van der Waals surface area contributed by atoms with Crippen LogP contribution in [0.2, 0.25) is 0 Å². The second-order valence-electron chi connectivity index (χ2n) is 1.33. The predicted molar refractivity (Wildman–Crippen MR) is 32.3 cm³/mol. The average Bonchev–Trinajstić information content (AvgIpc) is 2.14. The van der Waals surface area contributed by atoms with Crippen LogP contribution in [0.25, 0.3) is 0 Å². The maximum atomic E-state index is 4.98. The van der Waals surface area contributed by atoms with Crippen molar-refractivity contribution in [3.05, 3.63) is 0 Å². The van der Waals surface area contributed by atoms with Crippen LogP contribution in [0.1, 0.15) is 0 Å². The minimum Gasteiger partial charge on any atom is -0.452 e. The van der Waals surface area contributed by atoms with Crippen molar-refractivity contribution in [3.63, 3.8) is 0 Å². The highest BCUT2D eigenvalue weighted by molar-refractivity contribution is 7.79. The van der Waals surface area contributed by atoms with Gasteiger partial charge in [0.25, 0.3) is 0 Å². The Hall–Kier alpha value is -0.750. The molecule has 1 aliphatic heterocycles. The van der Waals surface area contributed by atoms with Gasteiger partial charge in [0.05, 0.1) is 0 Å². The van der Waals surface area contributed by atoms with Crippen molar-refractivity contribution in [2.24, 2.45) is 0 Å². The predicted octanol–water partition coefficient (Wildman–Crippen LogP) is 0.320. The van der Waals surface area contributed by atoms with Crippen molar-refractivity contribution >= 4 is 17.5 Å². The summed E-state index contributed by atoms with van der Waals surface area (Å²) in [6.45, 7) is 0.398. The third-order valence-corrected chi connectivity index (χ3v) is 0.991. The van der Waals surface area contributed by atoms with Crippen molar-refractivity contribution in [3.8, 4) is 12.3 Å². The van der Waals surface area contributed by atoms with E-state index < -0.39 is 0 Å². The normalized spacial score (nSPS) is 25.9. The molecule has 1 aliphatic rings. The minimum absolute atomic E-state index is 0.160. The Balaban J connectivity index is 2.47. The highest BCUT2D eigenvalue weighted by Gasteiger charge is 2.18. The van der Waals surface area contributed by atoms with Crippen LogP contribution in [0.3, 0.4) is 0 Å². The molecule has 0 radical (unpaired) electrons. The fraction of sp³-hybridized carbons (Fsp3) is 0.400. The Morgan fingerprint density at radius 3 is 2.88 bits per heavy atom. The van der Waals surface area contributed by atoms with Gasteiger partial charge in [-0.15, -0.1) is 6.42 Å². The van der Waals surface area contributed by atoms with Gasteiger partial charge in [0, 0.05) is 12.2 Å². The zero-order chi connectivity index (χ0) is 5.98. The molecule has 42 valence electrons. The van der Waals surface area contributed by atoms with Gasteiger partial charge in [-0.1, -0.05) is 5.92 Å². The van der Waals surface area contributed by atoms with E-state index in [2.05, 4.69) is 18.1 Å². The fourth-order valence-electron chi connectivity index (χ4n) is 0.410. The molecule has 0 aromatic rings. The van der Waals surface area contributed by atoms with Gasteiger partial charge in [0.2, 0.25) is 0 Å². The topological polar surface area (TPSA) is 18.5 Å². The fourth-order valence-corrected chi connectivity index (χ4v) is 0.594. The first-order chi connectivity index (χ1) is 3.83. The molecule has 8 heavy (non-hydrogen) atoms. The van der Waals surface area contributed by atoms with Gasteiger partial charge in [-0.2, -0.15) is 0 Å². The number of hydrogen-bond acceptors (Lipinski definition) is 3. The zero-order valence-electron chi connectivity index (χ0n) is 4.09. The first-order valence-corrected chi connectivity index (χ1v) is 2.53. The Kier molecular flexibility index (Phi) is 1.36. The van der Waals surface area contributed by atoms with Gasteiger partial charge in [-0.25, -0.2) is 0 Å². The SMILES string of the molecule is C#CC1COC(=S)O1. The largest absolute Gasteiger partial charge is 0.452 e. The number of ether oxygens (including phenoxy) is 2. The van der Waals surface area contributed by atoms with Gasteiger partial charge >= 0.3 is 5.24 Å². The summed E-state index contributed by atoms with van der Waals surface area (Å²) in [6.07, 6.45) is 4.72. The summed E-state index contributed by atoms with van der Waals surface area (Å²) < 4.78 is 9.51. The molecule has 1 heterocycles. The van der Waals surface area contributed by atoms with Gasteiger partial charge in [0.1, 0.15) is 6.61 Å². The standard InChI is InChI=1S/C5H4O2S/c1-2-4-3-6-5(8)7-4/h1,4H,3H2. The summed E-state index contributed by atoms with van der Waals surface area (Å²) in [4.78, 5) is 0. The van der Waals surface area contributed by atoms with Crippen molar-refractivity contribution in [2.75, 3.05) is 6.61 Å². The Morgan fingerprint density at radius 2 is 2.62 bits per heavy atom. The lowest BCUT2D eigenvalue weighted by Crippen LogP contribution is -2.04. The maximum Gasteiger partial charge on any atom is 0.353 e. The summed E-state index contributed by atoms with van der Waals surface area (Å²) in [5.41, 5.74) is 0. The van der Waals surface area contributed by atoms with Gasteiger partial charge < -0.3 is 9.47 Å². The molecule has 3 heteroatoms. The quantitative estimate of drug-likeness (QED) is 0.346. The van der Waals surface area contributed by atoms with Crippen LogP contribution in [0.5, 0.6) is 0 Å². The first-order valence-electron chi connectivity index (χ1n) is 2.12. The lowest BCUT2D eigenvalue weighted by Gasteiger charge is -1.91. The summed E-state index contributed by atoms with van der Waals surface area (Å²) in [7, 11) is 0. The van der Waals surface area contributed by atoms with Crippen LogP contribution in [0.15, 0.2) is 0 Å². The van der Waals surface area contributed by atoms with Crippen LogP contribution < -0.4 is 0 Å². The molecule has 0 spiro atoms. The lowest BCUT2D eigenvalue weighted by atomic mass is 10.4. The van der Waals surface area contributed by atoms with Gasteiger partial charge in [-0.05, 0) is 0 Å². The molecule has 1 atom stereocenters. The summed E-state index contributed by atoms with van der Waals surface area (Å²) in [5, 5.41) is 0.160. The van der Waals surface area contributed by atoms with Crippen LogP contribution in [-0.4, -0.2) is 17.9 Å². The minimum atomic E-state index is -0.262. The molecule has 0 aromatic carbocycles. The Bertz CT molecular complexity index is 147. The Labute approximate surface area is 52.8 Å². The zero-order valence-corrected chi connectivity index (χ0v) is 4.90. The van der Waals surface area contributed by atoms with Crippen LogP contribution >= 0.6 is 12.2 Å². The van der Waals surface area contributed by atoms with E-state index in [9.17, 15) is 0 Å².